The minimum Gasteiger partial charge on any atom is -0.423 e. The van der Waals surface area contributed by atoms with Crippen LogP contribution < -0.4 is 10.1 Å². The monoisotopic (exact) mass is 462 g/mol. The van der Waals surface area contributed by atoms with Gasteiger partial charge in [0.2, 0.25) is 0 Å². The summed E-state index contributed by atoms with van der Waals surface area (Å²) in [6.07, 6.45) is 4.48. The third kappa shape index (κ3) is 4.89. The van der Waals surface area contributed by atoms with Crippen LogP contribution in [0.2, 0.25) is 5.02 Å². The lowest BCUT2D eigenvalue weighted by atomic mass is 10.1. The lowest BCUT2D eigenvalue weighted by Crippen LogP contribution is -2.12. The SMILES string of the molecule is O=C(Oc1ccc(NC(=O)c2ccccc2Cl)cc1)c1ccc(-n2ccnc2)c([N+](=O)[O-])c1. The molecule has 0 saturated carbocycles. The van der Waals surface area contributed by atoms with Gasteiger partial charge in [0.05, 0.1) is 27.4 Å². The first kappa shape index (κ1) is 21.7. The van der Waals surface area contributed by atoms with E-state index < -0.39 is 10.9 Å². The van der Waals surface area contributed by atoms with Gasteiger partial charge in [0.25, 0.3) is 11.6 Å². The van der Waals surface area contributed by atoms with Crippen molar-refractivity contribution in [2.45, 2.75) is 0 Å². The number of rotatable bonds is 6. The molecule has 1 aromatic heterocycles. The summed E-state index contributed by atoms with van der Waals surface area (Å²) < 4.78 is 6.79. The van der Waals surface area contributed by atoms with Crippen LogP contribution in [0.5, 0.6) is 5.75 Å². The molecule has 3 aromatic carbocycles. The average Bonchev–Trinajstić information content (AvgIpc) is 3.35. The van der Waals surface area contributed by atoms with Crippen LogP contribution in [0.15, 0.2) is 85.5 Å². The number of nitrogens with zero attached hydrogens (tertiary/aromatic N) is 3. The Hall–Kier alpha value is -4.50. The minimum absolute atomic E-state index is 0.0154. The number of ether oxygens (including phenoxy) is 1. The highest BCUT2D eigenvalue weighted by molar-refractivity contribution is 6.34. The molecule has 10 heteroatoms. The standard InChI is InChI=1S/C23H15ClN4O5/c24-19-4-2-1-3-18(19)22(29)26-16-6-8-17(9-7-16)33-23(30)15-5-10-20(21(13-15)28(31)32)27-12-11-25-14-27/h1-14H,(H,26,29). The van der Waals surface area contributed by atoms with Gasteiger partial charge >= 0.3 is 5.97 Å². The van der Waals surface area contributed by atoms with E-state index in [0.29, 0.717) is 16.3 Å². The number of nitro groups is 1. The second-order valence-electron chi connectivity index (χ2n) is 6.78. The Kier molecular flexibility index (Phi) is 6.14. The molecule has 0 fully saturated rings. The molecule has 4 rings (SSSR count). The third-order valence-electron chi connectivity index (χ3n) is 4.63. The Morgan fingerprint density at radius 2 is 1.82 bits per heavy atom. The number of imidazole rings is 1. The van der Waals surface area contributed by atoms with Crippen LogP contribution in [0.3, 0.4) is 0 Å². The molecule has 33 heavy (non-hydrogen) atoms. The number of hydrogen-bond acceptors (Lipinski definition) is 6. The van der Waals surface area contributed by atoms with Gasteiger partial charge in [0.15, 0.2) is 0 Å². The number of nitrogens with one attached hydrogen (secondary N) is 1. The molecule has 1 heterocycles. The van der Waals surface area contributed by atoms with E-state index in [1.807, 2.05) is 0 Å². The zero-order valence-corrected chi connectivity index (χ0v) is 17.6. The quantitative estimate of drug-likeness (QED) is 0.188. The second-order valence-corrected chi connectivity index (χ2v) is 7.19. The molecule has 0 radical (unpaired) electrons. The van der Waals surface area contributed by atoms with Crippen LogP contribution in [0.1, 0.15) is 20.7 Å². The maximum atomic E-state index is 12.5. The van der Waals surface area contributed by atoms with Gasteiger partial charge in [-0.1, -0.05) is 23.7 Å². The third-order valence-corrected chi connectivity index (χ3v) is 4.96. The van der Waals surface area contributed by atoms with Crippen molar-refractivity contribution in [2.24, 2.45) is 0 Å². The number of carbonyl (C=O) groups excluding carboxylic acids is 2. The highest BCUT2D eigenvalue weighted by atomic mass is 35.5. The summed E-state index contributed by atoms with van der Waals surface area (Å²) >= 11 is 6.03. The number of aromatic nitrogens is 2. The average molecular weight is 463 g/mol. The number of hydrogen-bond donors (Lipinski definition) is 1. The number of nitro benzene ring substituents is 1. The molecule has 0 spiro atoms. The lowest BCUT2D eigenvalue weighted by molar-refractivity contribution is -0.384. The lowest BCUT2D eigenvalue weighted by Gasteiger charge is -2.09. The van der Waals surface area contributed by atoms with Crippen LogP contribution >= 0.6 is 11.6 Å². The summed E-state index contributed by atoms with van der Waals surface area (Å²) in [5.41, 5.74) is 0.824. The Morgan fingerprint density at radius 1 is 1.06 bits per heavy atom. The molecular formula is C23H15ClN4O5. The predicted octanol–water partition coefficient (Wildman–Crippen LogP) is 4.91. The Bertz CT molecular complexity index is 1340. The Labute approximate surface area is 192 Å². The minimum atomic E-state index is -0.761. The second kappa shape index (κ2) is 9.33. The molecule has 0 atom stereocenters. The van der Waals surface area contributed by atoms with Crippen molar-refractivity contribution in [1.82, 2.24) is 9.55 Å². The normalized spacial score (nSPS) is 10.5. The van der Waals surface area contributed by atoms with E-state index in [4.69, 9.17) is 16.3 Å². The highest BCUT2D eigenvalue weighted by Gasteiger charge is 2.20. The van der Waals surface area contributed by atoms with Gasteiger partial charge in [-0.25, -0.2) is 9.78 Å². The molecule has 0 aliphatic heterocycles. The van der Waals surface area contributed by atoms with Gasteiger partial charge in [0, 0.05) is 24.1 Å². The van der Waals surface area contributed by atoms with Crippen molar-refractivity contribution in [1.29, 1.82) is 0 Å². The van der Waals surface area contributed by atoms with Crippen LogP contribution in [0.4, 0.5) is 11.4 Å². The topological polar surface area (TPSA) is 116 Å². The zero-order chi connectivity index (χ0) is 23.4. The molecule has 1 N–H and O–H groups in total. The molecule has 0 aliphatic rings. The molecule has 164 valence electrons. The molecule has 0 bridgehead atoms. The van der Waals surface area contributed by atoms with Crippen molar-refractivity contribution in [3.05, 3.63) is 112 Å². The van der Waals surface area contributed by atoms with E-state index in [1.165, 1.54) is 41.4 Å². The number of benzene rings is 3. The van der Waals surface area contributed by atoms with Gasteiger partial charge in [-0.15, -0.1) is 0 Å². The maximum absolute atomic E-state index is 12.5. The molecule has 9 nitrogen and oxygen atoms in total. The van der Waals surface area contributed by atoms with Crippen LogP contribution in [0, 0.1) is 10.1 Å². The van der Waals surface area contributed by atoms with Crippen molar-refractivity contribution in [3.63, 3.8) is 0 Å². The first-order valence-electron chi connectivity index (χ1n) is 9.57. The van der Waals surface area contributed by atoms with E-state index in [0.717, 1.165) is 6.07 Å². The van der Waals surface area contributed by atoms with Gasteiger partial charge in [-0.2, -0.15) is 0 Å². The summed E-state index contributed by atoms with van der Waals surface area (Å²) in [4.78, 5) is 39.6. The Balaban J connectivity index is 1.47. The van der Waals surface area contributed by atoms with Crippen LogP contribution in [0.25, 0.3) is 5.69 Å². The molecule has 0 unspecified atom stereocenters. The largest absolute Gasteiger partial charge is 0.423 e. The van der Waals surface area contributed by atoms with E-state index in [9.17, 15) is 19.7 Å². The predicted molar refractivity (Wildman–Crippen MR) is 121 cm³/mol. The number of carbonyl (C=O) groups is 2. The van der Waals surface area contributed by atoms with E-state index >= 15 is 0 Å². The Morgan fingerprint density at radius 3 is 2.48 bits per heavy atom. The maximum Gasteiger partial charge on any atom is 0.343 e. The molecule has 1 amide bonds. The van der Waals surface area contributed by atoms with Gasteiger partial charge in [-0.3, -0.25) is 14.9 Å². The zero-order valence-electron chi connectivity index (χ0n) is 16.8. The van der Waals surface area contributed by atoms with E-state index in [1.54, 1.807) is 42.6 Å². The summed E-state index contributed by atoms with van der Waals surface area (Å²) in [6, 6.07) is 16.8. The number of amides is 1. The summed E-state index contributed by atoms with van der Waals surface area (Å²) in [5, 5.41) is 14.5. The molecular weight excluding hydrogens is 448 g/mol. The van der Waals surface area contributed by atoms with Gasteiger partial charge in [-0.05, 0) is 48.5 Å². The van der Waals surface area contributed by atoms with Crippen LogP contribution in [-0.4, -0.2) is 26.4 Å². The fraction of sp³-hybridized carbons (Fsp3) is 0. The first-order chi connectivity index (χ1) is 15.9. The van der Waals surface area contributed by atoms with Crippen molar-refractivity contribution < 1.29 is 19.2 Å². The van der Waals surface area contributed by atoms with Crippen molar-refractivity contribution in [2.75, 3.05) is 5.32 Å². The van der Waals surface area contributed by atoms with Gasteiger partial charge in [0.1, 0.15) is 11.4 Å². The summed E-state index contributed by atoms with van der Waals surface area (Å²) in [6.45, 7) is 0. The van der Waals surface area contributed by atoms with Gasteiger partial charge < -0.3 is 14.6 Å². The number of anilines is 1. The highest BCUT2D eigenvalue weighted by Crippen LogP contribution is 2.25. The molecule has 0 saturated heterocycles. The first-order valence-corrected chi connectivity index (χ1v) is 9.95. The van der Waals surface area contributed by atoms with Crippen molar-refractivity contribution in [3.8, 4) is 11.4 Å². The van der Waals surface area contributed by atoms with Crippen LogP contribution in [-0.2, 0) is 0 Å². The molecule has 4 aromatic rings. The smallest absolute Gasteiger partial charge is 0.343 e. The number of esters is 1. The summed E-state index contributed by atoms with van der Waals surface area (Å²) in [5.74, 6) is -0.934. The summed E-state index contributed by atoms with van der Waals surface area (Å²) in [7, 11) is 0. The number of halogens is 1. The fourth-order valence-electron chi connectivity index (χ4n) is 3.03. The molecule has 0 aliphatic carbocycles. The fourth-order valence-corrected chi connectivity index (χ4v) is 3.25. The van der Waals surface area contributed by atoms with Crippen molar-refractivity contribution >= 4 is 34.9 Å². The van der Waals surface area contributed by atoms with E-state index in [2.05, 4.69) is 10.3 Å². The van der Waals surface area contributed by atoms with E-state index in [-0.39, 0.29) is 28.6 Å².